The van der Waals surface area contributed by atoms with E-state index in [0.29, 0.717) is 0 Å². The molecule has 0 saturated carbocycles. The molecular weight excluding hydrogens is 318 g/mol. The summed E-state index contributed by atoms with van der Waals surface area (Å²) in [4.78, 5) is 0. The fourth-order valence-electron chi connectivity index (χ4n) is 4.50. The summed E-state index contributed by atoms with van der Waals surface area (Å²) in [5.74, 6) is 1.28. The first-order valence-corrected chi connectivity index (χ1v) is 9.00. The first-order valence-electron chi connectivity index (χ1n) is 9.00. The van der Waals surface area contributed by atoms with Gasteiger partial charge >= 0.3 is 0 Å². The number of aromatic nitrogens is 3. The maximum absolute atomic E-state index is 2.48. The third-order valence-electron chi connectivity index (χ3n) is 5.60. The average molecular weight is 336 g/mol. The van der Waals surface area contributed by atoms with Crippen LogP contribution in [0.2, 0.25) is 0 Å². The van der Waals surface area contributed by atoms with Gasteiger partial charge in [0.15, 0.2) is 0 Å². The van der Waals surface area contributed by atoms with E-state index in [1.54, 1.807) is 0 Å². The highest BCUT2D eigenvalue weighted by Gasteiger charge is 2.37. The fraction of sp³-hybridized carbons (Fsp3) is 0.0870. The van der Waals surface area contributed by atoms with E-state index in [2.05, 4.69) is 99.6 Å². The maximum Gasteiger partial charge on any atom is 0.297 e. The van der Waals surface area contributed by atoms with Gasteiger partial charge in [-0.1, -0.05) is 48.5 Å². The van der Waals surface area contributed by atoms with Crippen LogP contribution in [0.5, 0.6) is 0 Å². The van der Waals surface area contributed by atoms with Gasteiger partial charge in [0.1, 0.15) is 12.2 Å². The minimum Gasteiger partial charge on any atom is -0.307 e. The molecule has 0 aliphatic carbocycles. The van der Waals surface area contributed by atoms with Crippen LogP contribution in [0.3, 0.4) is 0 Å². The van der Waals surface area contributed by atoms with Crippen molar-refractivity contribution in [1.82, 2.24) is 9.13 Å². The molecule has 3 nitrogen and oxygen atoms in total. The lowest BCUT2D eigenvalue weighted by Gasteiger charge is -2.03. The fourth-order valence-corrected chi connectivity index (χ4v) is 4.50. The van der Waals surface area contributed by atoms with Gasteiger partial charge in [-0.3, -0.25) is 0 Å². The van der Waals surface area contributed by atoms with Crippen molar-refractivity contribution in [1.29, 1.82) is 0 Å². The van der Waals surface area contributed by atoms with Crippen molar-refractivity contribution in [2.75, 3.05) is 0 Å². The number of nitrogens with zero attached hydrogens (tertiary/aromatic N) is 3. The van der Waals surface area contributed by atoms with Crippen molar-refractivity contribution in [2.24, 2.45) is 7.05 Å². The third-order valence-corrected chi connectivity index (χ3v) is 5.60. The van der Waals surface area contributed by atoms with Crippen molar-refractivity contribution in [3.05, 3.63) is 84.4 Å². The summed E-state index contributed by atoms with van der Waals surface area (Å²) < 4.78 is 7.22. The molecule has 0 atom stereocenters. The molecule has 2 aromatic heterocycles. The molecule has 0 fully saturated rings. The van der Waals surface area contributed by atoms with E-state index >= 15 is 0 Å². The monoisotopic (exact) mass is 336 g/mol. The Morgan fingerprint density at radius 1 is 0.808 bits per heavy atom. The summed E-state index contributed by atoms with van der Waals surface area (Å²) in [5.41, 5.74) is 7.76. The molecule has 6 rings (SSSR count). The average Bonchev–Trinajstić information content (AvgIpc) is 3.31. The number of aryl methyl sites for hydroxylation is 1. The topological polar surface area (TPSA) is 13.7 Å². The van der Waals surface area contributed by atoms with E-state index < -0.39 is 0 Å². The zero-order valence-corrected chi connectivity index (χ0v) is 14.6. The van der Waals surface area contributed by atoms with Gasteiger partial charge in [-0.25, -0.2) is 4.57 Å². The van der Waals surface area contributed by atoms with Crippen LogP contribution in [0.1, 0.15) is 5.56 Å². The molecule has 0 unspecified atom stereocenters. The zero-order chi connectivity index (χ0) is 17.3. The lowest BCUT2D eigenvalue weighted by atomic mass is 10.1. The van der Waals surface area contributed by atoms with Crippen LogP contribution in [0, 0.1) is 0 Å². The van der Waals surface area contributed by atoms with Gasteiger partial charge in [0.25, 0.3) is 11.5 Å². The van der Waals surface area contributed by atoms with Gasteiger partial charge in [-0.05, 0) is 30.3 Å². The molecule has 5 aromatic rings. The third kappa shape index (κ3) is 1.60. The Balaban J connectivity index is 1.87. The van der Waals surface area contributed by atoms with Gasteiger partial charge in [0, 0.05) is 12.6 Å². The Bertz CT molecular complexity index is 1310. The molecule has 0 radical (unpaired) electrons. The van der Waals surface area contributed by atoms with Crippen LogP contribution in [0.4, 0.5) is 0 Å². The van der Waals surface area contributed by atoms with Crippen molar-refractivity contribution in [2.45, 2.75) is 6.54 Å². The highest BCUT2D eigenvalue weighted by molar-refractivity contribution is 6.04. The number of hydrogen-bond donors (Lipinski definition) is 0. The molecule has 3 heterocycles. The first-order chi connectivity index (χ1) is 12.8. The molecule has 1 aliphatic rings. The first kappa shape index (κ1) is 13.9. The maximum atomic E-state index is 2.48. The number of fused-ring (bicyclic) bond motifs is 7. The smallest absolute Gasteiger partial charge is 0.297 e. The molecule has 124 valence electrons. The van der Waals surface area contributed by atoms with Gasteiger partial charge in [0.2, 0.25) is 5.52 Å². The number of benzene rings is 3. The van der Waals surface area contributed by atoms with Gasteiger partial charge < -0.3 is 4.57 Å². The summed E-state index contributed by atoms with van der Waals surface area (Å²) in [5, 5.41) is 1.31. The number of imidazole rings is 1. The van der Waals surface area contributed by atoms with E-state index in [4.69, 9.17) is 0 Å². The van der Waals surface area contributed by atoms with Crippen molar-refractivity contribution in [3.63, 3.8) is 0 Å². The van der Waals surface area contributed by atoms with E-state index in [9.17, 15) is 0 Å². The summed E-state index contributed by atoms with van der Waals surface area (Å²) in [6, 6.07) is 28.2. The number of rotatable bonds is 1. The van der Waals surface area contributed by atoms with Crippen molar-refractivity contribution < 1.29 is 4.57 Å². The Morgan fingerprint density at radius 2 is 1.54 bits per heavy atom. The van der Waals surface area contributed by atoms with E-state index in [0.717, 1.165) is 6.54 Å². The molecular formula is C23H18N3+. The van der Waals surface area contributed by atoms with Gasteiger partial charge in [-0.2, -0.15) is 4.57 Å². The predicted octanol–water partition coefficient (Wildman–Crippen LogP) is 4.44. The Kier molecular flexibility index (Phi) is 2.60. The second kappa shape index (κ2) is 4.85. The SMILES string of the molecule is Cn1c2ccccc2c2c1n(-c1ccccc1)c1[n+]2Cc2ccccc2-1. The van der Waals surface area contributed by atoms with Crippen LogP contribution >= 0.6 is 0 Å². The minimum atomic E-state index is 0.926. The molecule has 3 aromatic carbocycles. The highest BCUT2D eigenvalue weighted by atomic mass is 15.2. The minimum absolute atomic E-state index is 0.926. The van der Waals surface area contributed by atoms with Crippen LogP contribution in [-0.2, 0) is 13.6 Å². The summed E-state index contributed by atoms with van der Waals surface area (Å²) in [6.45, 7) is 0.926. The molecule has 26 heavy (non-hydrogen) atoms. The lowest BCUT2D eigenvalue weighted by molar-refractivity contribution is -0.645. The summed E-state index contributed by atoms with van der Waals surface area (Å²) >= 11 is 0. The number of para-hydroxylation sites is 2. The standard InChI is InChI=1S/C23H18N3/c1-24-20-14-8-7-13-19(20)21-23(24)26(17-10-3-2-4-11-17)22-18-12-6-5-9-16(18)15-25(21)22/h2-14H,15H2,1H3/q+1. The highest BCUT2D eigenvalue weighted by Crippen LogP contribution is 2.37. The summed E-state index contributed by atoms with van der Waals surface area (Å²) in [6.07, 6.45) is 0. The Labute approximate surface area is 151 Å². The molecule has 3 heteroatoms. The lowest BCUT2D eigenvalue weighted by Crippen LogP contribution is -2.31. The summed E-state index contributed by atoms with van der Waals surface area (Å²) in [7, 11) is 2.17. The molecule has 0 bridgehead atoms. The molecule has 1 aliphatic heterocycles. The van der Waals surface area contributed by atoms with Crippen LogP contribution < -0.4 is 4.57 Å². The van der Waals surface area contributed by atoms with E-state index in [1.165, 1.54) is 44.7 Å². The van der Waals surface area contributed by atoms with Crippen LogP contribution in [0.15, 0.2) is 78.9 Å². The quantitative estimate of drug-likeness (QED) is 0.394. The van der Waals surface area contributed by atoms with Crippen molar-refractivity contribution in [3.8, 4) is 17.1 Å². The zero-order valence-electron chi connectivity index (χ0n) is 14.6. The normalized spacial score (nSPS) is 12.7. The Morgan fingerprint density at radius 3 is 2.42 bits per heavy atom. The number of hydrogen-bond acceptors (Lipinski definition) is 0. The van der Waals surface area contributed by atoms with Crippen LogP contribution in [0.25, 0.3) is 39.1 Å². The Hall–Kier alpha value is -3.33. The van der Waals surface area contributed by atoms with Crippen LogP contribution in [-0.4, -0.2) is 9.13 Å². The molecule has 0 spiro atoms. The molecule has 0 saturated heterocycles. The van der Waals surface area contributed by atoms with E-state index in [1.807, 2.05) is 0 Å². The van der Waals surface area contributed by atoms with Gasteiger partial charge in [-0.15, -0.1) is 0 Å². The van der Waals surface area contributed by atoms with Gasteiger partial charge in [0.05, 0.1) is 16.5 Å². The largest absolute Gasteiger partial charge is 0.307 e. The van der Waals surface area contributed by atoms with E-state index in [-0.39, 0.29) is 0 Å². The predicted molar refractivity (Wildman–Crippen MR) is 104 cm³/mol. The second-order valence-electron chi connectivity index (χ2n) is 6.99. The van der Waals surface area contributed by atoms with Crippen molar-refractivity contribution >= 4 is 22.1 Å². The molecule has 0 amide bonds. The molecule has 0 N–H and O–H groups in total. The second-order valence-corrected chi connectivity index (χ2v) is 6.99.